The second-order valence-electron chi connectivity index (χ2n) is 5.17. The van der Waals surface area contributed by atoms with Crippen LogP contribution in [0.4, 0.5) is 0 Å². The lowest BCUT2D eigenvalue weighted by molar-refractivity contribution is 0.277. The molecule has 0 saturated heterocycles. The molecule has 3 heteroatoms. The molecule has 0 aromatic heterocycles. The second kappa shape index (κ2) is 9.70. The topological polar surface area (TPSA) is 49.7 Å². The Hall–Kier alpha value is -2.26. The summed E-state index contributed by atoms with van der Waals surface area (Å²) >= 11 is 0. The standard InChI is InChI=1S/C18H20O2.C2H6O/c1-3-17(13-5-9-15(19)10-6-13)18(4-2)14-7-11-16(20)12-8-14;1-3-2/h5-12,19-20H,3-4H2,1-2H3;1-2H3. The van der Waals surface area contributed by atoms with Gasteiger partial charge in [0.2, 0.25) is 0 Å². The molecule has 0 fully saturated rings. The number of aromatic hydroxyl groups is 2. The van der Waals surface area contributed by atoms with Crippen LogP contribution in [-0.2, 0) is 4.74 Å². The van der Waals surface area contributed by atoms with E-state index in [1.54, 1.807) is 38.5 Å². The summed E-state index contributed by atoms with van der Waals surface area (Å²) < 4.78 is 4.25. The highest BCUT2D eigenvalue weighted by molar-refractivity contribution is 5.90. The van der Waals surface area contributed by atoms with E-state index in [1.165, 1.54) is 11.1 Å². The molecule has 2 rings (SSSR count). The highest BCUT2D eigenvalue weighted by Crippen LogP contribution is 2.32. The minimum absolute atomic E-state index is 0.284. The van der Waals surface area contributed by atoms with Gasteiger partial charge >= 0.3 is 0 Å². The molecular formula is C20H26O3. The third-order valence-corrected chi connectivity index (χ3v) is 3.50. The Balaban J connectivity index is 0.000000816. The van der Waals surface area contributed by atoms with Gasteiger partial charge in [-0.25, -0.2) is 0 Å². The predicted molar refractivity (Wildman–Crippen MR) is 96.5 cm³/mol. The summed E-state index contributed by atoms with van der Waals surface area (Å²) in [6.07, 6.45) is 1.85. The first kappa shape index (κ1) is 18.8. The average Bonchev–Trinajstić information content (AvgIpc) is 2.55. The van der Waals surface area contributed by atoms with Crippen LogP contribution in [0.2, 0.25) is 0 Å². The van der Waals surface area contributed by atoms with Crippen LogP contribution in [0.5, 0.6) is 11.5 Å². The molecule has 0 heterocycles. The number of ether oxygens (including phenoxy) is 1. The number of benzene rings is 2. The SMILES string of the molecule is CCC(=C(CC)c1ccc(O)cc1)c1ccc(O)cc1.COC. The molecule has 0 aliphatic rings. The van der Waals surface area contributed by atoms with E-state index in [2.05, 4.69) is 18.6 Å². The van der Waals surface area contributed by atoms with Crippen LogP contribution in [0.3, 0.4) is 0 Å². The molecule has 0 saturated carbocycles. The molecule has 3 nitrogen and oxygen atoms in total. The zero-order chi connectivity index (χ0) is 17.2. The maximum atomic E-state index is 9.41. The van der Waals surface area contributed by atoms with Crippen molar-refractivity contribution in [2.45, 2.75) is 26.7 Å². The lowest BCUT2D eigenvalue weighted by Crippen LogP contribution is -1.91. The Kier molecular flexibility index (Phi) is 7.92. The molecule has 0 aliphatic heterocycles. The minimum Gasteiger partial charge on any atom is -0.508 e. The summed E-state index contributed by atoms with van der Waals surface area (Å²) in [5.74, 6) is 0.568. The number of phenolic OH excluding ortho intramolecular Hbond substituents is 2. The lowest BCUT2D eigenvalue weighted by atomic mass is 9.91. The van der Waals surface area contributed by atoms with Gasteiger partial charge in [-0.05, 0) is 59.4 Å². The Bertz CT molecular complexity index is 555. The zero-order valence-corrected chi connectivity index (χ0v) is 14.3. The maximum Gasteiger partial charge on any atom is 0.115 e. The third-order valence-electron chi connectivity index (χ3n) is 3.50. The zero-order valence-electron chi connectivity index (χ0n) is 14.3. The molecule has 23 heavy (non-hydrogen) atoms. The predicted octanol–water partition coefficient (Wildman–Crippen LogP) is 5.09. The van der Waals surface area contributed by atoms with Crippen molar-refractivity contribution in [3.8, 4) is 11.5 Å². The van der Waals surface area contributed by atoms with Gasteiger partial charge in [0.05, 0.1) is 0 Å². The van der Waals surface area contributed by atoms with Crippen LogP contribution in [0, 0.1) is 0 Å². The van der Waals surface area contributed by atoms with E-state index >= 15 is 0 Å². The van der Waals surface area contributed by atoms with E-state index < -0.39 is 0 Å². The number of hydrogen-bond acceptors (Lipinski definition) is 3. The summed E-state index contributed by atoms with van der Waals surface area (Å²) in [5.41, 5.74) is 4.82. The molecule has 0 bridgehead atoms. The van der Waals surface area contributed by atoms with E-state index in [9.17, 15) is 10.2 Å². The average molecular weight is 314 g/mol. The fourth-order valence-corrected chi connectivity index (χ4v) is 2.51. The largest absolute Gasteiger partial charge is 0.508 e. The van der Waals surface area contributed by atoms with Gasteiger partial charge in [-0.3, -0.25) is 0 Å². The molecule has 0 unspecified atom stereocenters. The first-order chi connectivity index (χ1) is 11.1. The van der Waals surface area contributed by atoms with Crippen molar-refractivity contribution in [3.05, 3.63) is 59.7 Å². The highest BCUT2D eigenvalue weighted by atomic mass is 16.4. The van der Waals surface area contributed by atoms with Crippen LogP contribution in [-0.4, -0.2) is 24.4 Å². The van der Waals surface area contributed by atoms with E-state index in [0.29, 0.717) is 0 Å². The third kappa shape index (κ3) is 5.46. The van der Waals surface area contributed by atoms with Crippen LogP contribution >= 0.6 is 0 Å². The van der Waals surface area contributed by atoms with Crippen LogP contribution in [0.15, 0.2) is 48.5 Å². The Labute approximate surface area is 138 Å². The lowest BCUT2D eigenvalue weighted by Gasteiger charge is -2.14. The molecule has 0 spiro atoms. The summed E-state index contributed by atoms with van der Waals surface area (Å²) in [6, 6.07) is 14.7. The van der Waals surface area contributed by atoms with Gasteiger partial charge in [0.15, 0.2) is 0 Å². The molecule has 124 valence electrons. The monoisotopic (exact) mass is 314 g/mol. The van der Waals surface area contributed by atoms with Crippen molar-refractivity contribution in [1.29, 1.82) is 0 Å². The summed E-state index contributed by atoms with van der Waals surface area (Å²) in [6.45, 7) is 4.27. The van der Waals surface area contributed by atoms with E-state index in [-0.39, 0.29) is 11.5 Å². The van der Waals surface area contributed by atoms with E-state index in [1.807, 2.05) is 24.3 Å². The van der Waals surface area contributed by atoms with Crippen molar-refractivity contribution in [2.24, 2.45) is 0 Å². The second-order valence-corrected chi connectivity index (χ2v) is 5.17. The fraction of sp³-hybridized carbons (Fsp3) is 0.300. The van der Waals surface area contributed by atoms with Crippen molar-refractivity contribution in [2.75, 3.05) is 14.2 Å². The molecule has 2 aromatic rings. The smallest absolute Gasteiger partial charge is 0.115 e. The molecule has 0 radical (unpaired) electrons. The number of methoxy groups -OCH3 is 1. The Morgan fingerprint density at radius 2 is 0.957 bits per heavy atom. The summed E-state index contributed by atoms with van der Waals surface area (Å²) in [7, 11) is 3.25. The quantitative estimate of drug-likeness (QED) is 0.773. The first-order valence-electron chi connectivity index (χ1n) is 7.78. The Morgan fingerprint density at radius 1 is 0.696 bits per heavy atom. The minimum atomic E-state index is 0.284. The molecule has 2 aromatic carbocycles. The number of hydrogen-bond donors (Lipinski definition) is 2. The maximum absolute atomic E-state index is 9.41. The van der Waals surface area contributed by atoms with Gasteiger partial charge in [-0.15, -0.1) is 0 Å². The molecule has 2 N–H and O–H groups in total. The summed E-state index contributed by atoms with van der Waals surface area (Å²) in [5, 5.41) is 18.8. The van der Waals surface area contributed by atoms with Crippen molar-refractivity contribution < 1.29 is 14.9 Å². The number of allylic oxidation sites excluding steroid dienone is 2. The highest BCUT2D eigenvalue weighted by Gasteiger charge is 2.09. The van der Waals surface area contributed by atoms with Gasteiger partial charge in [0.25, 0.3) is 0 Å². The van der Waals surface area contributed by atoms with Gasteiger partial charge < -0.3 is 14.9 Å². The number of rotatable bonds is 4. The van der Waals surface area contributed by atoms with E-state index in [4.69, 9.17) is 0 Å². The van der Waals surface area contributed by atoms with Gasteiger partial charge in [-0.2, -0.15) is 0 Å². The van der Waals surface area contributed by atoms with Crippen molar-refractivity contribution in [1.82, 2.24) is 0 Å². The van der Waals surface area contributed by atoms with Crippen LogP contribution in [0.1, 0.15) is 37.8 Å². The van der Waals surface area contributed by atoms with Gasteiger partial charge in [-0.1, -0.05) is 38.1 Å². The first-order valence-corrected chi connectivity index (χ1v) is 7.78. The van der Waals surface area contributed by atoms with Crippen molar-refractivity contribution >= 4 is 11.1 Å². The molecule has 0 amide bonds. The fourth-order valence-electron chi connectivity index (χ4n) is 2.51. The molecular weight excluding hydrogens is 288 g/mol. The summed E-state index contributed by atoms with van der Waals surface area (Å²) in [4.78, 5) is 0. The van der Waals surface area contributed by atoms with E-state index in [0.717, 1.165) is 24.0 Å². The van der Waals surface area contributed by atoms with Gasteiger partial charge in [0, 0.05) is 14.2 Å². The molecule has 0 atom stereocenters. The molecule has 0 aliphatic carbocycles. The van der Waals surface area contributed by atoms with Crippen molar-refractivity contribution in [3.63, 3.8) is 0 Å². The van der Waals surface area contributed by atoms with Crippen LogP contribution in [0.25, 0.3) is 11.1 Å². The number of phenols is 2. The Morgan fingerprint density at radius 3 is 1.17 bits per heavy atom. The normalized spacial score (nSPS) is 11.3. The van der Waals surface area contributed by atoms with Gasteiger partial charge in [0.1, 0.15) is 11.5 Å². The van der Waals surface area contributed by atoms with Crippen LogP contribution < -0.4 is 0 Å².